The number of halogens is 2. The SMILES string of the molecule is CCC(C)[C@@]1(NC(C)=O)CCN([C@@H](CCc2ccccc2)C(=O)N[C@@H](Cc2ccccc2F)[C@H](O)CNCc2cccc(Cl)c2)C1=O. The average molecular weight is 665 g/mol. The highest BCUT2D eigenvalue weighted by molar-refractivity contribution is 6.30. The molecule has 0 bridgehead atoms. The highest BCUT2D eigenvalue weighted by atomic mass is 35.5. The second-order valence-corrected chi connectivity index (χ2v) is 12.9. The second-order valence-electron chi connectivity index (χ2n) is 12.5. The van der Waals surface area contributed by atoms with Crippen molar-refractivity contribution < 1.29 is 23.9 Å². The molecule has 1 unspecified atom stereocenters. The summed E-state index contributed by atoms with van der Waals surface area (Å²) in [6.07, 6.45) is 0.861. The van der Waals surface area contributed by atoms with E-state index in [9.17, 15) is 23.9 Å². The van der Waals surface area contributed by atoms with Crippen LogP contribution >= 0.6 is 11.6 Å². The van der Waals surface area contributed by atoms with Crippen LogP contribution in [0.3, 0.4) is 0 Å². The van der Waals surface area contributed by atoms with Gasteiger partial charge in [0.05, 0.1) is 12.1 Å². The fourth-order valence-corrected chi connectivity index (χ4v) is 6.62. The number of carbonyl (C=O) groups excluding carboxylic acids is 3. The Morgan fingerprint density at radius 1 is 1.04 bits per heavy atom. The Bertz CT molecular complexity index is 1510. The number of rotatable bonds is 16. The lowest BCUT2D eigenvalue weighted by molar-refractivity contribution is -0.144. The molecule has 1 aliphatic rings. The van der Waals surface area contributed by atoms with Crippen LogP contribution in [0.25, 0.3) is 0 Å². The van der Waals surface area contributed by atoms with E-state index in [0.29, 0.717) is 42.8 Å². The average Bonchev–Trinajstić information content (AvgIpc) is 3.37. The number of carbonyl (C=O) groups is 3. The number of hydrogen-bond donors (Lipinski definition) is 4. The minimum atomic E-state index is -1.11. The summed E-state index contributed by atoms with van der Waals surface area (Å²) in [4.78, 5) is 42.3. The first-order valence-electron chi connectivity index (χ1n) is 16.3. The summed E-state index contributed by atoms with van der Waals surface area (Å²) in [5.41, 5.74) is 1.19. The number of benzene rings is 3. The van der Waals surface area contributed by atoms with Crippen molar-refractivity contribution >= 4 is 29.3 Å². The standard InChI is InChI=1S/C37H46ClFN4O4/c1-4-25(2)37(42-26(3)44)19-20-43(36(37)47)33(18-17-27-11-6-5-7-12-27)35(46)41-32(22-29-14-8-9-16-31(29)39)34(45)24-40-23-28-13-10-15-30(38)21-28/h5-16,21,25,32-34,40,45H,4,17-20,22-24H2,1-3H3,(H,41,46)(H,42,44)/t25?,32-,33-,34+,37-/m0/s1. The topological polar surface area (TPSA) is 111 Å². The van der Waals surface area contributed by atoms with Crippen LogP contribution in [0.5, 0.6) is 0 Å². The monoisotopic (exact) mass is 664 g/mol. The zero-order valence-corrected chi connectivity index (χ0v) is 28.1. The fourth-order valence-electron chi connectivity index (χ4n) is 6.41. The van der Waals surface area contributed by atoms with Crippen molar-refractivity contribution in [1.82, 2.24) is 20.9 Å². The zero-order valence-electron chi connectivity index (χ0n) is 27.3. The van der Waals surface area contributed by atoms with E-state index in [2.05, 4.69) is 16.0 Å². The van der Waals surface area contributed by atoms with Crippen LogP contribution in [0.1, 0.15) is 56.7 Å². The highest BCUT2D eigenvalue weighted by Gasteiger charge is 2.53. The molecular weight excluding hydrogens is 619 g/mol. The van der Waals surface area contributed by atoms with Crippen molar-refractivity contribution in [1.29, 1.82) is 0 Å². The van der Waals surface area contributed by atoms with Gasteiger partial charge in [0.25, 0.3) is 0 Å². The molecule has 3 aromatic carbocycles. The Kier molecular flexibility index (Phi) is 12.9. The smallest absolute Gasteiger partial charge is 0.249 e. The van der Waals surface area contributed by atoms with E-state index >= 15 is 0 Å². The van der Waals surface area contributed by atoms with Crippen LogP contribution in [0.4, 0.5) is 4.39 Å². The number of nitrogens with zero attached hydrogens (tertiary/aromatic N) is 1. The Hall–Kier alpha value is -3.79. The summed E-state index contributed by atoms with van der Waals surface area (Å²) >= 11 is 6.12. The molecule has 0 saturated carbocycles. The van der Waals surface area contributed by atoms with Gasteiger partial charge >= 0.3 is 0 Å². The normalized spacial score (nSPS) is 18.8. The van der Waals surface area contributed by atoms with Gasteiger partial charge in [0.1, 0.15) is 17.4 Å². The van der Waals surface area contributed by atoms with Gasteiger partial charge in [-0.2, -0.15) is 0 Å². The molecule has 47 heavy (non-hydrogen) atoms. The number of aliphatic hydroxyl groups excluding tert-OH is 1. The van der Waals surface area contributed by atoms with E-state index in [1.807, 2.05) is 62.4 Å². The van der Waals surface area contributed by atoms with Crippen LogP contribution in [0.15, 0.2) is 78.9 Å². The molecule has 8 nitrogen and oxygen atoms in total. The number of aliphatic hydroxyl groups is 1. The largest absolute Gasteiger partial charge is 0.390 e. The maximum Gasteiger partial charge on any atom is 0.249 e. The number of aryl methyl sites for hydroxylation is 1. The van der Waals surface area contributed by atoms with Gasteiger partial charge in [-0.15, -0.1) is 0 Å². The molecule has 0 radical (unpaired) electrons. The van der Waals surface area contributed by atoms with Gasteiger partial charge in [-0.1, -0.05) is 92.5 Å². The van der Waals surface area contributed by atoms with Crippen molar-refractivity contribution in [3.63, 3.8) is 0 Å². The molecule has 0 spiro atoms. The molecule has 252 valence electrons. The molecule has 0 aliphatic carbocycles. The third-order valence-electron chi connectivity index (χ3n) is 9.23. The lowest BCUT2D eigenvalue weighted by atomic mass is 9.81. The molecule has 10 heteroatoms. The molecule has 3 aromatic rings. The van der Waals surface area contributed by atoms with Gasteiger partial charge in [0.15, 0.2) is 0 Å². The van der Waals surface area contributed by atoms with Crippen molar-refractivity contribution in [3.8, 4) is 0 Å². The molecule has 1 saturated heterocycles. The lowest BCUT2D eigenvalue weighted by Crippen LogP contribution is -2.60. The van der Waals surface area contributed by atoms with Crippen LogP contribution in [-0.2, 0) is 33.8 Å². The first-order chi connectivity index (χ1) is 22.5. The van der Waals surface area contributed by atoms with E-state index in [0.717, 1.165) is 11.1 Å². The van der Waals surface area contributed by atoms with E-state index in [-0.39, 0.29) is 37.2 Å². The minimum Gasteiger partial charge on any atom is -0.390 e. The van der Waals surface area contributed by atoms with Gasteiger partial charge in [0, 0.05) is 31.6 Å². The Labute approximate surface area is 282 Å². The molecule has 4 rings (SSSR count). The number of likely N-dealkylation sites (tertiary alicyclic amines) is 1. The predicted molar refractivity (Wildman–Crippen MR) is 182 cm³/mol. The maximum atomic E-state index is 14.8. The quantitative estimate of drug-likeness (QED) is 0.176. The third-order valence-corrected chi connectivity index (χ3v) is 9.47. The molecule has 1 aliphatic heterocycles. The van der Waals surface area contributed by atoms with E-state index in [4.69, 9.17) is 11.6 Å². The van der Waals surface area contributed by atoms with E-state index in [1.54, 1.807) is 29.2 Å². The second kappa shape index (κ2) is 16.9. The summed E-state index contributed by atoms with van der Waals surface area (Å²) in [6.45, 7) is 6.14. The van der Waals surface area contributed by atoms with Crippen LogP contribution in [0.2, 0.25) is 5.02 Å². The summed E-state index contributed by atoms with van der Waals surface area (Å²) in [7, 11) is 0. The van der Waals surface area contributed by atoms with Crippen LogP contribution in [0, 0.1) is 11.7 Å². The van der Waals surface area contributed by atoms with Gasteiger partial charge in [-0.05, 0) is 66.5 Å². The number of amides is 3. The third kappa shape index (κ3) is 9.40. The lowest BCUT2D eigenvalue weighted by Gasteiger charge is -2.36. The first-order valence-corrected chi connectivity index (χ1v) is 16.7. The first kappa shape index (κ1) is 36.1. The Balaban J connectivity index is 1.59. The molecular formula is C37H46ClFN4O4. The summed E-state index contributed by atoms with van der Waals surface area (Å²) < 4.78 is 14.8. The Morgan fingerprint density at radius 2 is 1.74 bits per heavy atom. The zero-order chi connectivity index (χ0) is 34.0. The molecule has 1 fully saturated rings. The van der Waals surface area contributed by atoms with Crippen LogP contribution < -0.4 is 16.0 Å². The maximum absolute atomic E-state index is 14.8. The summed E-state index contributed by atoms with van der Waals surface area (Å²) in [5.74, 6) is -1.61. The number of nitrogens with one attached hydrogen (secondary N) is 3. The van der Waals surface area contributed by atoms with E-state index < -0.39 is 35.5 Å². The highest BCUT2D eigenvalue weighted by Crippen LogP contribution is 2.34. The number of hydrogen-bond acceptors (Lipinski definition) is 5. The van der Waals surface area contributed by atoms with Gasteiger partial charge in [-0.25, -0.2) is 4.39 Å². The summed E-state index contributed by atoms with van der Waals surface area (Å²) in [6, 6.07) is 21.6. The molecule has 4 N–H and O–H groups in total. The Morgan fingerprint density at radius 3 is 2.43 bits per heavy atom. The minimum absolute atomic E-state index is 0.0421. The predicted octanol–water partition coefficient (Wildman–Crippen LogP) is 4.81. The van der Waals surface area contributed by atoms with Gasteiger partial charge in [-0.3, -0.25) is 14.4 Å². The van der Waals surface area contributed by atoms with Gasteiger partial charge in [0.2, 0.25) is 17.7 Å². The molecule has 0 aromatic heterocycles. The van der Waals surface area contributed by atoms with Crippen molar-refractivity contribution in [3.05, 3.63) is 106 Å². The fraction of sp³-hybridized carbons (Fsp3) is 0.432. The molecule has 1 heterocycles. The molecule has 3 amide bonds. The molecule has 5 atom stereocenters. The van der Waals surface area contributed by atoms with E-state index in [1.165, 1.54) is 13.0 Å². The van der Waals surface area contributed by atoms with Crippen molar-refractivity contribution in [2.24, 2.45) is 5.92 Å². The van der Waals surface area contributed by atoms with Crippen molar-refractivity contribution in [2.75, 3.05) is 13.1 Å². The van der Waals surface area contributed by atoms with Crippen LogP contribution in [-0.4, -0.2) is 64.5 Å². The van der Waals surface area contributed by atoms with Crippen molar-refractivity contribution in [2.45, 2.75) is 83.1 Å². The van der Waals surface area contributed by atoms with Gasteiger partial charge < -0.3 is 26.0 Å². The summed E-state index contributed by atoms with van der Waals surface area (Å²) in [5, 5.41) is 21.1.